The number of aryl methyl sites for hydroxylation is 1. The minimum absolute atomic E-state index is 0.0285. The second kappa shape index (κ2) is 9.29. The number of rotatable bonds is 7. The summed E-state index contributed by atoms with van der Waals surface area (Å²) in [5, 5.41) is 0. The van der Waals surface area contributed by atoms with E-state index in [-0.39, 0.29) is 17.3 Å². The third kappa shape index (κ3) is 4.74. The third-order valence-corrected chi connectivity index (χ3v) is 7.17. The highest BCUT2D eigenvalue weighted by molar-refractivity contribution is 7.89. The smallest absolute Gasteiger partial charge is 0.254 e. The highest BCUT2D eigenvalue weighted by Gasteiger charge is 2.26. The molecule has 0 saturated heterocycles. The quantitative estimate of drug-likeness (QED) is 0.569. The van der Waals surface area contributed by atoms with Gasteiger partial charge in [0.15, 0.2) is 11.5 Å². The van der Waals surface area contributed by atoms with E-state index in [2.05, 4.69) is 4.72 Å². The van der Waals surface area contributed by atoms with Gasteiger partial charge in [0.2, 0.25) is 10.0 Å². The maximum atomic E-state index is 13.4. The van der Waals surface area contributed by atoms with Gasteiger partial charge in [-0.25, -0.2) is 13.1 Å². The molecule has 0 fully saturated rings. The van der Waals surface area contributed by atoms with Crippen molar-refractivity contribution in [1.82, 2.24) is 9.62 Å². The molecule has 3 aromatic rings. The van der Waals surface area contributed by atoms with Gasteiger partial charge in [0.25, 0.3) is 5.91 Å². The molecule has 0 saturated carbocycles. The summed E-state index contributed by atoms with van der Waals surface area (Å²) in [4.78, 5) is 15.1. The summed E-state index contributed by atoms with van der Waals surface area (Å²) in [6.45, 7) is 2.75. The van der Waals surface area contributed by atoms with E-state index in [4.69, 9.17) is 13.9 Å². The molecular weight excluding hydrogens is 444 g/mol. The lowest BCUT2D eigenvalue weighted by molar-refractivity contribution is 0.0733. The molecule has 0 bridgehead atoms. The van der Waals surface area contributed by atoms with Crippen molar-refractivity contribution in [3.8, 4) is 11.5 Å². The molecule has 2 heterocycles. The molecule has 4 rings (SSSR count). The Kier molecular flexibility index (Phi) is 6.44. The molecule has 1 N–H and O–H groups in total. The van der Waals surface area contributed by atoms with Crippen LogP contribution in [0.1, 0.15) is 32.8 Å². The topological polar surface area (TPSA) is 98.1 Å². The number of fused-ring (bicyclic) bond motifs is 1. The molecule has 2 aromatic carbocycles. The maximum absolute atomic E-state index is 13.4. The number of carbonyl (C=O) groups excluding carboxylic acids is 1. The van der Waals surface area contributed by atoms with Gasteiger partial charge < -0.3 is 18.8 Å². The first-order chi connectivity index (χ1) is 15.8. The van der Waals surface area contributed by atoms with E-state index in [0.29, 0.717) is 47.9 Å². The number of methoxy groups -OCH3 is 2. The van der Waals surface area contributed by atoms with E-state index in [1.165, 1.54) is 18.4 Å². The van der Waals surface area contributed by atoms with Crippen molar-refractivity contribution < 1.29 is 27.1 Å². The molecule has 174 valence electrons. The number of furan rings is 1. The SMILES string of the molecule is COc1cc2c(cc1OC)CN(C(=O)c1cc(S(=O)(=O)NCc3ccco3)ccc1C)CC2. The average Bonchev–Trinajstić information content (AvgIpc) is 3.35. The first kappa shape index (κ1) is 22.9. The van der Waals surface area contributed by atoms with E-state index in [0.717, 1.165) is 11.1 Å². The predicted molar refractivity (Wildman–Crippen MR) is 122 cm³/mol. The summed E-state index contributed by atoms with van der Waals surface area (Å²) in [7, 11) is -0.648. The fourth-order valence-electron chi connectivity index (χ4n) is 3.89. The zero-order chi connectivity index (χ0) is 23.6. The Morgan fingerprint density at radius 2 is 1.82 bits per heavy atom. The molecule has 1 amide bonds. The van der Waals surface area contributed by atoms with E-state index >= 15 is 0 Å². The van der Waals surface area contributed by atoms with Crippen LogP contribution in [0.5, 0.6) is 11.5 Å². The van der Waals surface area contributed by atoms with E-state index < -0.39 is 10.0 Å². The van der Waals surface area contributed by atoms with Gasteiger partial charge in [0.1, 0.15) is 5.76 Å². The Bertz CT molecular complexity index is 1270. The molecule has 0 atom stereocenters. The Morgan fingerprint density at radius 3 is 2.48 bits per heavy atom. The fourth-order valence-corrected chi connectivity index (χ4v) is 4.91. The van der Waals surface area contributed by atoms with Crippen LogP contribution in [0.2, 0.25) is 0 Å². The van der Waals surface area contributed by atoms with E-state index in [1.54, 1.807) is 44.2 Å². The second-order valence-corrected chi connectivity index (χ2v) is 9.60. The van der Waals surface area contributed by atoms with Crippen molar-refractivity contribution in [1.29, 1.82) is 0 Å². The summed E-state index contributed by atoms with van der Waals surface area (Å²) >= 11 is 0. The number of sulfonamides is 1. The maximum Gasteiger partial charge on any atom is 0.254 e. The summed E-state index contributed by atoms with van der Waals surface area (Å²) < 4.78 is 44.0. The predicted octanol–water partition coefficient (Wildman–Crippen LogP) is 3.28. The molecular formula is C24H26N2O6S. The Hall–Kier alpha value is -3.30. The van der Waals surface area contributed by atoms with Crippen LogP contribution < -0.4 is 14.2 Å². The number of hydrogen-bond acceptors (Lipinski definition) is 6. The van der Waals surface area contributed by atoms with Crippen LogP contribution in [0.3, 0.4) is 0 Å². The zero-order valence-electron chi connectivity index (χ0n) is 18.8. The van der Waals surface area contributed by atoms with Crippen LogP contribution in [-0.4, -0.2) is 40.0 Å². The number of amides is 1. The lowest BCUT2D eigenvalue weighted by Crippen LogP contribution is -2.36. The number of nitrogens with zero attached hydrogens (tertiary/aromatic N) is 1. The minimum Gasteiger partial charge on any atom is -0.493 e. The summed E-state index contributed by atoms with van der Waals surface area (Å²) in [5.74, 6) is 1.56. The normalized spacial score (nSPS) is 13.5. The van der Waals surface area contributed by atoms with Crippen LogP contribution in [0.4, 0.5) is 0 Å². The largest absolute Gasteiger partial charge is 0.493 e. The number of ether oxygens (including phenoxy) is 2. The number of carbonyl (C=O) groups is 1. The molecule has 0 unspecified atom stereocenters. The summed E-state index contributed by atoms with van der Waals surface area (Å²) in [6, 6.07) is 11.8. The Balaban J connectivity index is 1.56. The highest BCUT2D eigenvalue weighted by atomic mass is 32.2. The van der Waals surface area contributed by atoms with Crippen LogP contribution >= 0.6 is 0 Å². The first-order valence-corrected chi connectivity index (χ1v) is 12.0. The lowest BCUT2D eigenvalue weighted by atomic mass is 9.97. The summed E-state index contributed by atoms with van der Waals surface area (Å²) in [5.41, 5.74) is 3.16. The van der Waals surface area contributed by atoms with Crippen molar-refractivity contribution in [3.05, 3.63) is 76.7 Å². The highest BCUT2D eigenvalue weighted by Crippen LogP contribution is 2.33. The van der Waals surface area contributed by atoms with E-state index in [9.17, 15) is 13.2 Å². The molecule has 0 radical (unpaired) electrons. The standard InChI is InChI=1S/C24H26N2O6S/c1-16-6-7-20(33(28,29)25-14-19-5-4-10-32-19)13-21(16)24(27)26-9-8-17-11-22(30-2)23(31-3)12-18(17)15-26/h4-7,10-13,25H,8-9,14-15H2,1-3H3. The lowest BCUT2D eigenvalue weighted by Gasteiger charge is -2.30. The number of nitrogens with one attached hydrogen (secondary N) is 1. The van der Waals surface area contributed by atoms with Crippen molar-refractivity contribution in [2.45, 2.75) is 31.3 Å². The molecule has 8 nitrogen and oxygen atoms in total. The van der Waals surface area contributed by atoms with Crippen molar-refractivity contribution >= 4 is 15.9 Å². The van der Waals surface area contributed by atoms with Gasteiger partial charge in [-0.05, 0) is 66.4 Å². The number of hydrogen-bond donors (Lipinski definition) is 1. The molecule has 1 aliphatic heterocycles. The van der Waals surface area contributed by atoms with Crippen LogP contribution in [0.25, 0.3) is 0 Å². The van der Waals surface area contributed by atoms with Gasteiger partial charge in [-0.3, -0.25) is 4.79 Å². The third-order valence-electron chi connectivity index (χ3n) is 5.77. The van der Waals surface area contributed by atoms with Crippen LogP contribution in [0.15, 0.2) is 58.0 Å². The molecule has 0 aliphatic carbocycles. The van der Waals surface area contributed by atoms with Gasteiger partial charge >= 0.3 is 0 Å². The first-order valence-electron chi connectivity index (χ1n) is 10.5. The average molecular weight is 471 g/mol. The zero-order valence-corrected chi connectivity index (χ0v) is 19.6. The Labute approximate surface area is 193 Å². The molecule has 33 heavy (non-hydrogen) atoms. The van der Waals surface area contributed by atoms with Crippen molar-refractivity contribution in [2.24, 2.45) is 0 Å². The van der Waals surface area contributed by atoms with Crippen molar-refractivity contribution in [3.63, 3.8) is 0 Å². The van der Waals surface area contributed by atoms with Gasteiger partial charge in [-0.2, -0.15) is 0 Å². The minimum atomic E-state index is -3.82. The van der Waals surface area contributed by atoms with Gasteiger partial charge in [-0.15, -0.1) is 0 Å². The van der Waals surface area contributed by atoms with Gasteiger partial charge in [0, 0.05) is 18.7 Å². The fraction of sp³-hybridized carbons (Fsp3) is 0.292. The molecule has 0 spiro atoms. The van der Waals surface area contributed by atoms with Gasteiger partial charge in [-0.1, -0.05) is 6.07 Å². The monoisotopic (exact) mass is 470 g/mol. The molecule has 1 aliphatic rings. The van der Waals surface area contributed by atoms with Crippen molar-refractivity contribution in [2.75, 3.05) is 20.8 Å². The van der Waals surface area contributed by atoms with E-state index in [1.807, 2.05) is 12.1 Å². The van der Waals surface area contributed by atoms with Gasteiger partial charge in [0.05, 0.1) is 31.9 Å². The van der Waals surface area contributed by atoms with Crippen LogP contribution in [-0.2, 0) is 29.5 Å². The second-order valence-electron chi connectivity index (χ2n) is 7.83. The number of benzene rings is 2. The van der Waals surface area contributed by atoms with Crippen LogP contribution in [0, 0.1) is 6.92 Å². The molecule has 9 heteroatoms. The molecule has 1 aromatic heterocycles. The summed E-state index contributed by atoms with van der Waals surface area (Å²) in [6.07, 6.45) is 2.15. The Morgan fingerprint density at radius 1 is 1.09 bits per heavy atom.